The maximum atomic E-state index is 12.0. The van der Waals surface area contributed by atoms with Crippen LogP contribution in [0.5, 0.6) is 0 Å². The average molecular weight is 313 g/mol. The monoisotopic (exact) mass is 313 g/mol. The first kappa shape index (κ1) is 17.7. The van der Waals surface area contributed by atoms with Crippen molar-refractivity contribution in [3.63, 3.8) is 0 Å². The highest BCUT2D eigenvalue weighted by Gasteiger charge is 2.14. The molecule has 0 aromatic heterocycles. The van der Waals surface area contributed by atoms with Gasteiger partial charge in [-0.05, 0) is 51.3 Å². The predicted molar refractivity (Wildman–Crippen MR) is 81.5 cm³/mol. The number of esters is 1. The molecule has 0 bridgehead atoms. The quantitative estimate of drug-likeness (QED) is 0.747. The highest BCUT2D eigenvalue weighted by molar-refractivity contribution is 7.89. The molecule has 0 amide bonds. The summed E-state index contributed by atoms with van der Waals surface area (Å²) in [5.74, 6) is -0.196. The number of carbonyl (C=O) groups is 1. The molecular weight excluding hydrogens is 290 g/mol. The normalized spacial score (nSPS) is 11.6. The van der Waals surface area contributed by atoms with Crippen LogP contribution < -0.4 is 4.72 Å². The van der Waals surface area contributed by atoms with E-state index < -0.39 is 10.0 Å². The third kappa shape index (κ3) is 6.27. The van der Waals surface area contributed by atoms with Crippen molar-refractivity contribution in [3.05, 3.63) is 29.8 Å². The Hall–Kier alpha value is -1.40. The highest BCUT2D eigenvalue weighted by Crippen LogP contribution is 2.13. The molecule has 1 aromatic carbocycles. The van der Waals surface area contributed by atoms with Crippen molar-refractivity contribution >= 4 is 16.0 Å². The Balaban J connectivity index is 2.56. The molecule has 1 aromatic rings. The Morgan fingerprint density at radius 3 is 2.38 bits per heavy atom. The predicted octanol–water partition coefficient (Wildman–Crippen LogP) is 2.26. The number of hydrogen-bond acceptors (Lipinski definition) is 4. The summed E-state index contributed by atoms with van der Waals surface area (Å²) in [5, 5.41) is 0. The van der Waals surface area contributed by atoms with Crippen LogP contribution in [-0.2, 0) is 26.0 Å². The average Bonchev–Trinajstić information content (AvgIpc) is 2.38. The minimum atomic E-state index is -3.44. The van der Waals surface area contributed by atoms with E-state index in [0.29, 0.717) is 19.4 Å². The van der Waals surface area contributed by atoms with E-state index >= 15 is 0 Å². The van der Waals surface area contributed by atoms with Crippen molar-refractivity contribution in [1.29, 1.82) is 0 Å². The lowest BCUT2D eigenvalue weighted by molar-refractivity contribution is -0.143. The molecule has 0 aliphatic carbocycles. The third-order valence-corrected chi connectivity index (χ3v) is 4.45. The summed E-state index contributed by atoms with van der Waals surface area (Å²) in [4.78, 5) is 11.5. The topological polar surface area (TPSA) is 72.5 Å². The van der Waals surface area contributed by atoms with Crippen LogP contribution >= 0.6 is 0 Å². The molecule has 118 valence electrons. The molecule has 0 unspecified atom stereocenters. The zero-order valence-corrected chi connectivity index (χ0v) is 13.6. The van der Waals surface area contributed by atoms with Crippen LogP contribution in [0.15, 0.2) is 29.2 Å². The first-order valence-electron chi connectivity index (χ1n) is 7.12. The van der Waals surface area contributed by atoms with Crippen molar-refractivity contribution < 1.29 is 17.9 Å². The molecule has 0 fully saturated rings. The van der Waals surface area contributed by atoms with Gasteiger partial charge in [-0.1, -0.05) is 12.1 Å². The minimum Gasteiger partial charge on any atom is -0.466 e. The molecule has 6 heteroatoms. The van der Waals surface area contributed by atoms with Crippen LogP contribution in [0.3, 0.4) is 0 Å². The number of sulfonamides is 1. The second kappa shape index (κ2) is 8.14. The van der Waals surface area contributed by atoms with Crippen LogP contribution in [0.4, 0.5) is 0 Å². The lowest BCUT2D eigenvalue weighted by atomic mass is 10.1. The summed E-state index contributed by atoms with van der Waals surface area (Å²) in [6.07, 6.45) is 1.79. The van der Waals surface area contributed by atoms with Gasteiger partial charge >= 0.3 is 5.97 Å². The molecule has 5 nitrogen and oxygen atoms in total. The Kier molecular flexibility index (Phi) is 6.84. The smallest absolute Gasteiger partial charge is 0.305 e. The van der Waals surface area contributed by atoms with Crippen LogP contribution in [0.2, 0.25) is 0 Å². The second-order valence-electron chi connectivity index (χ2n) is 5.08. The highest BCUT2D eigenvalue weighted by atomic mass is 32.2. The Bertz CT molecular complexity index is 550. The van der Waals surface area contributed by atoms with Crippen molar-refractivity contribution in [1.82, 2.24) is 4.72 Å². The van der Waals surface area contributed by atoms with Gasteiger partial charge in [0, 0.05) is 12.5 Å². The van der Waals surface area contributed by atoms with E-state index in [1.165, 1.54) is 0 Å². The first-order chi connectivity index (χ1) is 9.85. The number of ether oxygens (including phenoxy) is 1. The zero-order chi connectivity index (χ0) is 15.9. The maximum absolute atomic E-state index is 12.0. The molecular formula is C15H23NO4S. The summed E-state index contributed by atoms with van der Waals surface area (Å²) in [5.41, 5.74) is 1.00. The van der Waals surface area contributed by atoms with Gasteiger partial charge in [-0.2, -0.15) is 0 Å². The molecule has 21 heavy (non-hydrogen) atoms. The Labute approximate surface area is 126 Å². The van der Waals surface area contributed by atoms with E-state index in [1.807, 2.05) is 0 Å². The SMILES string of the molecule is CCOC(=O)CCCc1ccc(S(=O)(=O)NC(C)C)cc1. The van der Waals surface area contributed by atoms with E-state index in [-0.39, 0.29) is 16.9 Å². The lowest BCUT2D eigenvalue weighted by Gasteiger charge is -2.10. The number of nitrogens with one attached hydrogen (secondary N) is 1. The van der Waals surface area contributed by atoms with Gasteiger partial charge in [-0.25, -0.2) is 13.1 Å². The molecule has 0 saturated heterocycles. The fourth-order valence-corrected chi connectivity index (χ4v) is 3.13. The molecule has 1 rings (SSSR count). The van der Waals surface area contributed by atoms with Gasteiger partial charge in [-0.15, -0.1) is 0 Å². The standard InChI is InChI=1S/C15H23NO4S/c1-4-20-15(17)7-5-6-13-8-10-14(11-9-13)21(18,19)16-12(2)3/h8-12,16H,4-7H2,1-3H3. The van der Waals surface area contributed by atoms with Crippen molar-refractivity contribution in [3.8, 4) is 0 Å². The summed E-state index contributed by atoms with van der Waals surface area (Å²) < 4.78 is 31.3. The van der Waals surface area contributed by atoms with Gasteiger partial charge in [0.25, 0.3) is 0 Å². The summed E-state index contributed by atoms with van der Waals surface area (Å²) >= 11 is 0. The maximum Gasteiger partial charge on any atom is 0.305 e. The van der Waals surface area contributed by atoms with Gasteiger partial charge < -0.3 is 4.74 Å². The van der Waals surface area contributed by atoms with Gasteiger partial charge in [0.1, 0.15) is 0 Å². The Morgan fingerprint density at radius 1 is 1.24 bits per heavy atom. The van der Waals surface area contributed by atoms with Crippen LogP contribution in [-0.4, -0.2) is 27.0 Å². The van der Waals surface area contributed by atoms with E-state index in [0.717, 1.165) is 12.0 Å². The van der Waals surface area contributed by atoms with Crippen molar-refractivity contribution in [2.24, 2.45) is 0 Å². The van der Waals surface area contributed by atoms with E-state index in [9.17, 15) is 13.2 Å². The fourth-order valence-electron chi connectivity index (χ4n) is 1.88. The molecule has 0 saturated carbocycles. The van der Waals surface area contributed by atoms with Gasteiger partial charge in [0.05, 0.1) is 11.5 Å². The number of carbonyl (C=O) groups excluding carboxylic acids is 1. The molecule has 0 radical (unpaired) electrons. The number of hydrogen-bond donors (Lipinski definition) is 1. The second-order valence-corrected chi connectivity index (χ2v) is 6.79. The van der Waals surface area contributed by atoms with Gasteiger partial charge in [0.15, 0.2) is 0 Å². The number of rotatable bonds is 8. The van der Waals surface area contributed by atoms with Crippen LogP contribution in [0.1, 0.15) is 39.2 Å². The third-order valence-electron chi connectivity index (χ3n) is 2.78. The van der Waals surface area contributed by atoms with Crippen molar-refractivity contribution in [2.75, 3.05) is 6.61 Å². The molecule has 1 N–H and O–H groups in total. The molecule has 0 aliphatic heterocycles. The largest absolute Gasteiger partial charge is 0.466 e. The first-order valence-corrected chi connectivity index (χ1v) is 8.60. The minimum absolute atomic E-state index is 0.140. The summed E-state index contributed by atoms with van der Waals surface area (Å²) in [6.45, 7) is 5.74. The lowest BCUT2D eigenvalue weighted by Crippen LogP contribution is -2.30. The van der Waals surface area contributed by atoms with E-state index in [1.54, 1.807) is 45.0 Å². The van der Waals surface area contributed by atoms with Crippen LogP contribution in [0, 0.1) is 0 Å². The Morgan fingerprint density at radius 2 is 1.86 bits per heavy atom. The fraction of sp³-hybridized carbons (Fsp3) is 0.533. The van der Waals surface area contributed by atoms with Crippen molar-refractivity contribution in [2.45, 2.75) is 51.0 Å². The molecule has 0 spiro atoms. The van der Waals surface area contributed by atoms with Gasteiger partial charge in [0.2, 0.25) is 10.0 Å². The number of benzene rings is 1. The van der Waals surface area contributed by atoms with E-state index in [2.05, 4.69) is 4.72 Å². The van der Waals surface area contributed by atoms with Gasteiger partial charge in [-0.3, -0.25) is 4.79 Å². The van der Waals surface area contributed by atoms with Crippen LogP contribution in [0.25, 0.3) is 0 Å². The molecule has 0 heterocycles. The number of aryl methyl sites for hydroxylation is 1. The summed E-state index contributed by atoms with van der Waals surface area (Å²) in [6, 6.07) is 6.59. The summed E-state index contributed by atoms with van der Waals surface area (Å²) in [7, 11) is -3.44. The molecule has 0 aliphatic rings. The zero-order valence-electron chi connectivity index (χ0n) is 12.8. The molecule has 0 atom stereocenters. The van der Waals surface area contributed by atoms with E-state index in [4.69, 9.17) is 4.74 Å².